The second kappa shape index (κ2) is 9.14. The number of anilines is 2. The summed E-state index contributed by atoms with van der Waals surface area (Å²) in [5.74, 6) is -0.304. The minimum Gasteiger partial charge on any atom is -0.336 e. The third-order valence-electron chi connectivity index (χ3n) is 4.51. The van der Waals surface area contributed by atoms with Gasteiger partial charge in [0.1, 0.15) is 0 Å². The average molecular weight is 380 g/mol. The van der Waals surface area contributed by atoms with Crippen LogP contribution in [0.4, 0.5) is 11.4 Å². The van der Waals surface area contributed by atoms with Crippen molar-refractivity contribution in [2.75, 3.05) is 43.4 Å². The van der Waals surface area contributed by atoms with E-state index >= 15 is 0 Å². The first-order valence-corrected chi connectivity index (χ1v) is 9.25. The van der Waals surface area contributed by atoms with Gasteiger partial charge in [-0.1, -0.05) is 24.3 Å². The van der Waals surface area contributed by atoms with E-state index in [9.17, 15) is 14.4 Å². The minimum atomic E-state index is -0.174. The number of benzene rings is 2. The van der Waals surface area contributed by atoms with Crippen LogP contribution in [0.5, 0.6) is 0 Å². The van der Waals surface area contributed by atoms with Crippen molar-refractivity contribution >= 4 is 29.1 Å². The van der Waals surface area contributed by atoms with Crippen LogP contribution in [0, 0.1) is 0 Å². The molecule has 1 aliphatic heterocycles. The Balaban J connectivity index is 1.50. The highest BCUT2D eigenvalue weighted by atomic mass is 16.2. The summed E-state index contributed by atoms with van der Waals surface area (Å²) in [6.45, 7) is 4.12. The van der Waals surface area contributed by atoms with Crippen LogP contribution in [0.25, 0.3) is 0 Å². The molecule has 2 N–H and O–H groups in total. The molecule has 1 saturated heterocycles. The van der Waals surface area contributed by atoms with Crippen LogP contribution in [0.15, 0.2) is 54.6 Å². The first-order valence-electron chi connectivity index (χ1n) is 9.25. The Bertz CT molecular complexity index is 846. The van der Waals surface area contributed by atoms with Gasteiger partial charge in [0, 0.05) is 50.0 Å². The number of carbonyl (C=O) groups excluding carboxylic acids is 3. The second-order valence-corrected chi connectivity index (χ2v) is 6.74. The van der Waals surface area contributed by atoms with Crippen molar-refractivity contribution in [3.63, 3.8) is 0 Å². The molecule has 28 heavy (non-hydrogen) atoms. The fourth-order valence-corrected chi connectivity index (χ4v) is 3.15. The van der Waals surface area contributed by atoms with E-state index in [2.05, 4.69) is 10.6 Å². The fraction of sp³-hybridized carbons (Fsp3) is 0.286. The van der Waals surface area contributed by atoms with Crippen molar-refractivity contribution in [2.45, 2.75) is 6.92 Å². The number of piperazine rings is 1. The summed E-state index contributed by atoms with van der Waals surface area (Å²) in [6.07, 6.45) is 0. The molecule has 1 aliphatic rings. The van der Waals surface area contributed by atoms with Gasteiger partial charge in [-0.25, -0.2) is 0 Å². The lowest BCUT2D eigenvalue weighted by Crippen LogP contribution is -2.50. The Morgan fingerprint density at radius 1 is 0.857 bits per heavy atom. The molecule has 7 heteroatoms. The zero-order chi connectivity index (χ0) is 19.9. The van der Waals surface area contributed by atoms with E-state index in [1.165, 1.54) is 6.92 Å². The van der Waals surface area contributed by atoms with E-state index in [4.69, 9.17) is 0 Å². The Kier molecular flexibility index (Phi) is 6.39. The first-order chi connectivity index (χ1) is 13.5. The van der Waals surface area contributed by atoms with Crippen LogP contribution < -0.4 is 10.6 Å². The van der Waals surface area contributed by atoms with Crippen molar-refractivity contribution in [3.05, 3.63) is 60.2 Å². The minimum absolute atomic E-state index is 0.0611. The molecule has 0 spiro atoms. The monoisotopic (exact) mass is 380 g/mol. The zero-order valence-electron chi connectivity index (χ0n) is 15.9. The molecule has 3 amide bonds. The van der Waals surface area contributed by atoms with Crippen LogP contribution in [0.3, 0.4) is 0 Å². The van der Waals surface area contributed by atoms with Crippen LogP contribution in [-0.4, -0.2) is 60.2 Å². The number of nitrogens with one attached hydrogen (secondary N) is 2. The molecule has 0 saturated carbocycles. The fourth-order valence-electron chi connectivity index (χ4n) is 3.15. The van der Waals surface area contributed by atoms with Gasteiger partial charge in [0.2, 0.25) is 11.8 Å². The van der Waals surface area contributed by atoms with Gasteiger partial charge in [-0.3, -0.25) is 19.3 Å². The summed E-state index contributed by atoms with van der Waals surface area (Å²) < 4.78 is 0. The summed E-state index contributed by atoms with van der Waals surface area (Å²) >= 11 is 0. The van der Waals surface area contributed by atoms with Gasteiger partial charge in [-0.15, -0.1) is 0 Å². The zero-order valence-corrected chi connectivity index (χ0v) is 15.9. The standard InChI is InChI=1S/C21H24N4O3/c1-16(26)22-19-9-5-6-17(14-19)21(28)25-12-10-24(11-13-25)15-20(27)23-18-7-3-2-4-8-18/h2-9,14H,10-13,15H2,1H3,(H,22,26)(H,23,27). The Hall–Kier alpha value is -3.19. The molecule has 146 valence electrons. The van der Waals surface area contributed by atoms with Gasteiger partial charge in [0.15, 0.2) is 0 Å². The van der Waals surface area contributed by atoms with Gasteiger partial charge in [0.25, 0.3) is 5.91 Å². The van der Waals surface area contributed by atoms with E-state index < -0.39 is 0 Å². The summed E-state index contributed by atoms with van der Waals surface area (Å²) in [4.78, 5) is 39.9. The Labute approximate surface area is 164 Å². The van der Waals surface area contributed by atoms with Gasteiger partial charge < -0.3 is 15.5 Å². The smallest absolute Gasteiger partial charge is 0.254 e. The second-order valence-electron chi connectivity index (χ2n) is 6.74. The van der Waals surface area contributed by atoms with E-state index in [-0.39, 0.29) is 17.7 Å². The lowest BCUT2D eigenvalue weighted by Gasteiger charge is -2.34. The number of amides is 3. The molecule has 1 heterocycles. The number of para-hydroxylation sites is 1. The SMILES string of the molecule is CC(=O)Nc1cccc(C(=O)N2CCN(CC(=O)Nc3ccccc3)CC2)c1. The molecule has 0 unspecified atom stereocenters. The summed E-state index contributed by atoms with van der Waals surface area (Å²) in [5.41, 5.74) is 1.93. The highest BCUT2D eigenvalue weighted by Gasteiger charge is 2.23. The average Bonchev–Trinajstić information content (AvgIpc) is 2.68. The molecule has 7 nitrogen and oxygen atoms in total. The molecule has 2 aromatic rings. The summed E-state index contributed by atoms with van der Waals surface area (Å²) in [6, 6.07) is 16.3. The van der Waals surface area contributed by atoms with Crippen LogP contribution in [0.2, 0.25) is 0 Å². The molecule has 0 atom stereocenters. The molecule has 1 fully saturated rings. The maximum absolute atomic E-state index is 12.7. The summed E-state index contributed by atoms with van der Waals surface area (Å²) in [5, 5.41) is 5.56. The van der Waals surface area contributed by atoms with Gasteiger partial charge in [0.05, 0.1) is 6.54 Å². The van der Waals surface area contributed by atoms with Crippen LogP contribution in [0.1, 0.15) is 17.3 Å². The molecular formula is C21H24N4O3. The lowest BCUT2D eigenvalue weighted by atomic mass is 10.1. The molecule has 0 bridgehead atoms. The van der Waals surface area contributed by atoms with Crippen molar-refractivity contribution in [1.29, 1.82) is 0 Å². The first kappa shape index (κ1) is 19.6. The number of rotatable bonds is 5. The van der Waals surface area contributed by atoms with Gasteiger partial charge >= 0.3 is 0 Å². The third-order valence-corrected chi connectivity index (χ3v) is 4.51. The Morgan fingerprint density at radius 3 is 2.21 bits per heavy atom. The van der Waals surface area contributed by atoms with Gasteiger partial charge in [-0.2, -0.15) is 0 Å². The molecular weight excluding hydrogens is 356 g/mol. The van der Waals surface area contributed by atoms with Crippen LogP contribution in [-0.2, 0) is 9.59 Å². The van der Waals surface area contributed by atoms with Crippen molar-refractivity contribution in [1.82, 2.24) is 9.80 Å². The van der Waals surface area contributed by atoms with Crippen molar-refractivity contribution < 1.29 is 14.4 Å². The molecule has 2 aromatic carbocycles. The number of hydrogen-bond donors (Lipinski definition) is 2. The maximum Gasteiger partial charge on any atom is 0.254 e. The number of hydrogen-bond acceptors (Lipinski definition) is 4. The molecule has 3 rings (SSSR count). The number of nitrogens with zero attached hydrogens (tertiary/aromatic N) is 2. The topological polar surface area (TPSA) is 81.8 Å². The quantitative estimate of drug-likeness (QED) is 0.832. The third kappa shape index (κ3) is 5.40. The van der Waals surface area contributed by atoms with E-state index in [0.717, 1.165) is 5.69 Å². The predicted octanol–water partition coefficient (Wildman–Crippen LogP) is 2.04. The highest BCUT2D eigenvalue weighted by molar-refractivity contribution is 5.97. The molecule has 0 aromatic heterocycles. The molecule has 0 aliphatic carbocycles. The van der Waals surface area contributed by atoms with E-state index in [1.54, 1.807) is 29.2 Å². The van der Waals surface area contributed by atoms with Gasteiger partial charge in [-0.05, 0) is 30.3 Å². The Morgan fingerprint density at radius 2 is 1.54 bits per heavy atom. The largest absolute Gasteiger partial charge is 0.336 e. The normalized spacial score (nSPS) is 14.4. The number of carbonyl (C=O) groups is 3. The summed E-state index contributed by atoms with van der Waals surface area (Å²) in [7, 11) is 0. The van der Waals surface area contributed by atoms with E-state index in [0.29, 0.717) is 44.0 Å². The van der Waals surface area contributed by atoms with Crippen molar-refractivity contribution in [3.8, 4) is 0 Å². The lowest BCUT2D eigenvalue weighted by molar-refractivity contribution is -0.117. The maximum atomic E-state index is 12.7. The predicted molar refractivity (Wildman–Crippen MR) is 108 cm³/mol. The van der Waals surface area contributed by atoms with Crippen molar-refractivity contribution in [2.24, 2.45) is 0 Å². The highest BCUT2D eigenvalue weighted by Crippen LogP contribution is 2.14. The van der Waals surface area contributed by atoms with Crippen LogP contribution >= 0.6 is 0 Å². The van der Waals surface area contributed by atoms with E-state index in [1.807, 2.05) is 35.2 Å². The molecule has 0 radical (unpaired) electrons.